The third-order valence-electron chi connectivity index (χ3n) is 5.71. The minimum Gasteiger partial charge on any atom is -0.392 e. The lowest BCUT2D eigenvalue weighted by Crippen LogP contribution is -2.48. The van der Waals surface area contributed by atoms with Crippen molar-refractivity contribution < 1.29 is 4.43 Å². The summed E-state index contributed by atoms with van der Waals surface area (Å²) in [5.74, 6) is 0. The highest BCUT2D eigenvalue weighted by Gasteiger charge is 2.47. The first kappa shape index (κ1) is 19.4. The van der Waals surface area contributed by atoms with Crippen molar-refractivity contribution in [2.45, 2.75) is 44.5 Å². The molecule has 0 aliphatic heterocycles. The van der Waals surface area contributed by atoms with Gasteiger partial charge in [0.25, 0.3) is 0 Å². The van der Waals surface area contributed by atoms with Crippen molar-refractivity contribution in [3.8, 4) is 6.07 Å². The van der Waals surface area contributed by atoms with Gasteiger partial charge in [-0.25, -0.2) is 0 Å². The van der Waals surface area contributed by atoms with Gasteiger partial charge in [0.2, 0.25) is 0 Å². The van der Waals surface area contributed by atoms with Crippen LogP contribution < -0.4 is 0 Å². The van der Waals surface area contributed by atoms with Gasteiger partial charge >= 0.3 is 0 Å². The molecule has 0 aromatic heterocycles. The highest BCUT2D eigenvalue weighted by Crippen LogP contribution is 2.44. The van der Waals surface area contributed by atoms with E-state index >= 15 is 0 Å². The summed E-state index contributed by atoms with van der Waals surface area (Å²) >= 11 is 0. The molecule has 0 bridgehead atoms. The minimum absolute atomic E-state index is 0.000723. The molecule has 0 heterocycles. The van der Waals surface area contributed by atoms with E-state index in [9.17, 15) is 5.26 Å². The molecule has 2 nitrogen and oxygen atoms in total. The molecular weight excluding hydrogens is 346 g/mol. The largest absolute Gasteiger partial charge is 0.392 e. The number of nitriles is 1. The molecule has 0 fully saturated rings. The van der Waals surface area contributed by atoms with E-state index in [4.69, 9.17) is 4.43 Å². The molecular formula is C24H27NOSi. The van der Waals surface area contributed by atoms with Crippen LogP contribution in [0.5, 0.6) is 0 Å². The summed E-state index contributed by atoms with van der Waals surface area (Å²) in [4.78, 5) is 0. The van der Waals surface area contributed by atoms with E-state index in [2.05, 4.69) is 64.2 Å². The maximum atomic E-state index is 10.4. The predicted octanol–water partition coefficient (Wildman–Crippen LogP) is 6.63. The molecule has 3 heteroatoms. The van der Waals surface area contributed by atoms with Crippen LogP contribution in [-0.4, -0.2) is 8.32 Å². The van der Waals surface area contributed by atoms with Gasteiger partial charge in [-0.2, -0.15) is 5.26 Å². The third kappa shape index (κ3) is 3.56. The fraction of sp³-hybridized carbons (Fsp3) is 0.292. The molecule has 0 saturated carbocycles. The Morgan fingerprint density at radius 2 is 1.37 bits per heavy atom. The molecule has 0 amide bonds. The van der Waals surface area contributed by atoms with Crippen LogP contribution >= 0.6 is 0 Å². The van der Waals surface area contributed by atoms with E-state index in [0.29, 0.717) is 0 Å². The first-order valence-corrected chi connectivity index (χ1v) is 12.3. The Labute approximate surface area is 163 Å². The van der Waals surface area contributed by atoms with Crippen LogP contribution in [0.4, 0.5) is 0 Å². The highest BCUT2D eigenvalue weighted by atomic mass is 28.4. The van der Waals surface area contributed by atoms with Crippen molar-refractivity contribution in [1.29, 1.82) is 5.26 Å². The Morgan fingerprint density at radius 1 is 0.778 bits per heavy atom. The molecule has 1 atom stereocenters. The standard InChI is InChI=1S/C24H27NOSi/c1-23(2,3)27(4,5)26-24(18-25,21-13-7-6-8-14-21)22-16-15-19-11-9-10-12-20(19)17-22/h6-17H,1-5H3. The number of nitrogens with zero attached hydrogens (tertiary/aromatic N) is 1. The van der Waals surface area contributed by atoms with E-state index in [1.54, 1.807) is 0 Å². The van der Waals surface area contributed by atoms with E-state index in [-0.39, 0.29) is 5.04 Å². The maximum Gasteiger partial charge on any atom is 0.196 e. The van der Waals surface area contributed by atoms with Gasteiger partial charge < -0.3 is 4.43 Å². The van der Waals surface area contributed by atoms with Crippen molar-refractivity contribution in [3.63, 3.8) is 0 Å². The van der Waals surface area contributed by atoms with Crippen molar-refractivity contribution in [2.24, 2.45) is 0 Å². The molecule has 0 spiro atoms. The smallest absolute Gasteiger partial charge is 0.196 e. The Hall–Kier alpha value is -2.41. The lowest BCUT2D eigenvalue weighted by atomic mass is 9.86. The van der Waals surface area contributed by atoms with Crippen LogP contribution in [-0.2, 0) is 10.0 Å². The SMILES string of the molecule is CC(C)(C)[Si](C)(C)OC(C#N)(c1ccccc1)c1ccc2ccccc2c1. The Balaban J connectivity index is 2.25. The molecule has 0 N–H and O–H groups in total. The number of hydrogen-bond acceptors (Lipinski definition) is 2. The molecule has 0 aliphatic carbocycles. The molecule has 0 aliphatic rings. The minimum atomic E-state index is -2.22. The Morgan fingerprint density at radius 3 is 1.96 bits per heavy atom. The Kier molecular flexibility index (Phi) is 4.99. The zero-order valence-electron chi connectivity index (χ0n) is 16.8. The molecule has 0 saturated heterocycles. The van der Waals surface area contributed by atoms with Crippen LogP contribution in [0.3, 0.4) is 0 Å². The van der Waals surface area contributed by atoms with E-state index in [1.165, 1.54) is 0 Å². The van der Waals surface area contributed by atoms with Gasteiger partial charge in [0, 0.05) is 11.1 Å². The van der Waals surface area contributed by atoms with Crippen molar-refractivity contribution in [2.75, 3.05) is 0 Å². The number of rotatable bonds is 4. The highest BCUT2D eigenvalue weighted by molar-refractivity contribution is 6.74. The quantitative estimate of drug-likeness (QED) is 0.481. The number of fused-ring (bicyclic) bond motifs is 1. The summed E-state index contributed by atoms with van der Waals surface area (Å²) in [7, 11) is -2.22. The normalized spacial score (nSPS) is 14.5. The van der Waals surface area contributed by atoms with Crippen molar-refractivity contribution in [3.05, 3.63) is 83.9 Å². The van der Waals surface area contributed by atoms with Crippen LogP contribution in [0.2, 0.25) is 18.1 Å². The van der Waals surface area contributed by atoms with Crippen LogP contribution in [0.1, 0.15) is 31.9 Å². The fourth-order valence-electron chi connectivity index (χ4n) is 3.05. The topological polar surface area (TPSA) is 33.0 Å². The van der Waals surface area contributed by atoms with Gasteiger partial charge in [-0.3, -0.25) is 0 Å². The molecule has 3 rings (SSSR count). The van der Waals surface area contributed by atoms with Gasteiger partial charge in [-0.15, -0.1) is 0 Å². The molecule has 27 heavy (non-hydrogen) atoms. The van der Waals surface area contributed by atoms with E-state index < -0.39 is 13.9 Å². The summed E-state index contributed by atoms with van der Waals surface area (Å²) < 4.78 is 6.84. The monoisotopic (exact) mass is 373 g/mol. The zero-order chi connectivity index (χ0) is 19.7. The predicted molar refractivity (Wildman–Crippen MR) is 115 cm³/mol. The van der Waals surface area contributed by atoms with Crippen molar-refractivity contribution in [1.82, 2.24) is 0 Å². The van der Waals surface area contributed by atoms with Gasteiger partial charge in [-0.1, -0.05) is 87.5 Å². The Bertz CT molecular complexity index is 982. The average Bonchev–Trinajstić information content (AvgIpc) is 2.65. The van der Waals surface area contributed by atoms with Crippen LogP contribution in [0.25, 0.3) is 10.8 Å². The second kappa shape index (κ2) is 6.96. The molecule has 3 aromatic carbocycles. The molecule has 1 unspecified atom stereocenters. The van der Waals surface area contributed by atoms with E-state index in [0.717, 1.165) is 21.9 Å². The van der Waals surface area contributed by atoms with Crippen LogP contribution in [0, 0.1) is 11.3 Å². The summed E-state index contributed by atoms with van der Waals surface area (Å²) in [6.45, 7) is 11.0. The third-order valence-corrected chi connectivity index (χ3v) is 10.1. The summed E-state index contributed by atoms with van der Waals surface area (Å²) in [6.07, 6.45) is 0. The summed E-state index contributed by atoms with van der Waals surface area (Å²) in [6, 6.07) is 26.9. The van der Waals surface area contributed by atoms with Crippen LogP contribution in [0.15, 0.2) is 72.8 Å². The zero-order valence-corrected chi connectivity index (χ0v) is 17.8. The lowest BCUT2D eigenvalue weighted by Gasteiger charge is -2.43. The molecule has 3 aromatic rings. The molecule has 0 radical (unpaired) electrons. The van der Waals surface area contributed by atoms with Gasteiger partial charge in [-0.05, 0) is 35.0 Å². The molecule has 138 valence electrons. The first-order valence-electron chi connectivity index (χ1n) is 9.36. The summed E-state index contributed by atoms with van der Waals surface area (Å²) in [5.41, 5.74) is 0.654. The second-order valence-corrected chi connectivity index (χ2v) is 13.3. The van der Waals surface area contributed by atoms with Gasteiger partial charge in [0.05, 0.1) is 0 Å². The fourth-order valence-corrected chi connectivity index (χ4v) is 4.41. The van der Waals surface area contributed by atoms with Crippen molar-refractivity contribution >= 4 is 19.1 Å². The van der Waals surface area contributed by atoms with Gasteiger partial charge in [0.15, 0.2) is 13.9 Å². The van der Waals surface area contributed by atoms with E-state index in [1.807, 2.05) is 48.5 Å². The average molecular weight is 374 g/mol. The number of hydrogen-bond donors (Lipinski definition) is 0. The maximum absolute atomic E-state index is 10.4. The summed E-state index contributed by atoms with van der Waals surface area (Å²) in [5, 5.41) is 12.7. The first-order chi connectivity index (χ1) is 12.7. The second-order valence-electron chi connectivity index (χ2n) is 8.58. The van der Waals surface area contributed by atoms with Gasteiger partial charge in [0.1, 0.15) is 6.07 Å². The lowest BCUT2D eigenvalue weighted by molar-refractivity contribution is 0.151. The number of benzene rings is 3.